The van der Waals surface area contributed by atoms with Crippen LogP contribution in [0, 0.1) is 11.8 Å². The normalized spacial score (nSPS) is 20.4. The summed E-state index contributed by atoms with van der Waals surface area (Å²) >= 11 is 6.25. The minimum atomic E-state index is -0.935. The SMILES string of the molecule is O=C(O)[C@H](c1ccccc1Cl)N1CC(C(=O)N2CCC(Cc3ccc4c(n3)CCCC4)CC2)C1. The highest BCUT2D eigenvalue weighted by Gasteiger charge is 2.42. The lowest BCUT2D eigenvalue weighted by molar-refractivity contribution is -0.153. The highest BCUT2D eigenvalue weighted by molar-refractivity contribution is 6.31. The average molecular weight is 482 g/mol. The number of hydrogen-bond donors (Lipinski definition) is 1. The van der Waals surface area contributed by atoms with Crippen LogP contribution in [-0.2, 0) is 28.9 Å². The van der Waals surface area contributed by atoms with Crippen LogP contribution in [0.1, 0.15) is 54.2 Å². The molecule has 1 N–H and O–H groups in total. The maximum atomic E-state index is 13.1. The molecule has 2 saturated heterocycles. The van der Waals surface area contributed by atoms with Gasteiger partial charge >= 0.3 is 5.97 Å². The quantitative estimate of drug-likeness (QED) is 0.670. The summed E-state index contributed by atoms with van der Waals surface area (Å²) in [5.74, 6) is -0.351. The Kier molecular flexibility index (Phi) is 6.89. The number of piperidine rings is 1. The molecule has 180 valence electrons. The molecular weight excluding hydrogens is 450 g/mol. The van der Waals surface area contributed by atoms with Gasteiger partial charge in [0.15, 0.2) is 0 Å². The highest BCUT2D eigenvalue weighted by Crippen LogP contribution is 2.34. The van der Waals surface area contributed by atoms with Crippen molar-refractivity contribution in [3.8, 4) is 0 Å². The Balaban J connectivity index is 1.12. The number of amides is 1. The third-order valence-corrected chi connectivity index (χ3v) is 8.06. The van der Waals surface area contributed by atoms with Crippen molar-refractivity contribution in [2.75, 3.05) is 26.2 Å². The van der Waals surface area contributed by atoms with E-state index in [1.165, 1.54) is 29.8 Å². The number of carbonyl (C=O) groups excluding carboxylic acids is 1. The first-order valence-electron chi connectivity index (χ1n) is 12.5. The summed E-state index contributed by atoms with van der Waals surface area (Å²) in [7, 11) is 0. The first kappa shape index (κ1) is 23.3. The molecule has 1 atom stereocenters. The number of likely N-dealkylation sites (tertiary alicyclic amines) is 2. The van der Waals surface area contributed by atoms with Gasteiger partial charge in [-0.25, -0.2) is 0 Å². The lowest BCUT2D eigenvalue weighted by Crippen LogP contribution is -2.57. The third-order valence-electron chi connectivity index (χ3n) is 7.72. The van der Waals surface area contributed by atoms with Gasteiger partial charge in [-0.05, 0) is 74.1 Å². The van der Waals surface area contributed by atoms with Gasteiger partial charge in [0, 0.05) is 42.6 Å². The summed E-state index contributed by atoms with van der Waals surface area (Å²) in [6.45, 7) is 2.47. The van der Waals surface area contributed by atoms with Gasteiger partial charge in [-0.1, -0.05) is 35.9 Å². The highest BCUT2D eigenvalue weighted by atomic mass is 35.5. The second-order valence-corrected chi connectivity index (χ2v) is 10.4. The fraction of sp³-hybridized carbons (Fsp3) is 0.519. The van der Waals surface area contributed by atoms with Crippen LogP contribution >= 0.6 is 11.6 Å². The molecule has 6 nitrogen and oxygen atoms in total. The Labute approximate surface area is 205 Å². The zero-order valence-electron chi connectivity index (χ0n) is 19.5. The van der Waals surface area contributed by atoms with Crippen LogP contribution in [0.5, 0.6) is 0 Å². The number of carboxylic acid groups (broad SMARTS) is 1. The van der Waals surface area contributed by atoms with Gasteiger partial charge in [0.25, 0.3) is 0 Å². The molecule has 34 heavy (non-hydrogen) atoms. The molecule has 7 heteroatoms. The van der Waals surface area contributed by atoms with Gasteiger partial charge < -0.3 is 10.0 Å². The summed E-state index contributed by atoms with van der Waals surface area (Å²) < 4.78 is 0. The van der Waals surface area contributed by atoms with Crippen molar-refractivity contribution < 1.29 is 14.7 Å². The van der Waals surface area contributed by atoms with Crippen molar-refractivity contribution in [2.24, 2.45) is 11.8 Å². The van der Waals surface area contributed by atoms with Gasteiger partial charge in [0.05, 0.1) is 5.92 Å². The first-order valence-corrected chi connectivity index (χ1v) is 12.8. The number of halogens is 1. The van der Waals surface area contributed by atoms with Gasteiger partial charge in [-0.3, -0.25) is 19.5 Å². The zero-order chi connectivity index (χ0) is 23.7. The molecule has 0 radical (unpaired) electrons. The fourth-order valence-electron chi connectivity index (χ4n) is 5.71. The van der Waals surface area contributed by atoms with E-state index >= 15 is 0 Å². The number of pyridine rings is 1. The number of rotatable bonds is 6. The first-order chi connectivity index (χ1) is 16.5. The predicted octanol–water partition coefficient (Wildman–Crippen LogP) is 4.15. The van der Waals surface area contributed by atoms with E-state index in [4.69, 9.17) is 16.6 Å². The van der Waals surface area contributed by atoms with Crippen LogP contribution < -0.4 is 0 Å². The molecule has 2 aromatic rings. The van der Waals surface area contributed by atoms with E-state index in [9.17, 15) is 14.7 Å². The predicted molar refractivity (Wildman–Crippen MR) is 131 cm³/mol. The monoisotopic (exact) mass is 481 g/mol. The van der Waals surface area contributed by atoms with Crippen molar-refractivity contribution >= 4 is 23.5 Å². The Morgan fingerprint density at radius 3 is 2.53 bits per heavy atom. The van der Waals surface area contributed by atoms with Crippen LogP contribution in [0.3, 0.4) is 0 Å². The van der Waals surface area contributed by atoms with Crippen molar-refractivity contribution in [1.29, 1.82) is 0 Å². The van der Waals surface area contributed by atoms with Crippen LogP contribution in [0.25, 0.3) is 0 Å². The van der Waals surface area contributed by atoms with Gasteiger partial charge in [0.2, 0.25) is 5.91 Å². The summed E-state index contributed by atoms with van der Waals surface area (Å²) in [6.07, 6.45) is 7.77. The van der Waals surface area contributed by atoms with Crippen LogP contribution in [0.2, 0.25) is 5.02 Å². The Morgan fingerprint density at radius 1 is 1.06 bits per heavy atom. The number of hydrogen-bond acceptors (Lipinski definition) is 4. The smallest absolute Gasteiger partial charge is 0.325 e. The van der Waals surface area contributed by atoms with Gasteiger partial charge in [-0.2, -0.15) is 0 Å². The largest absolute Gasteiger partial charge is 0.480 e. The molecule has 0 saturated carbocycles. The minimum absolute atomic E-state index is 0.136. The van der Waals surface area contributed by atoms with Crippen LogP contribution in [0.4, 0.5) is 0 Å². The van der Waals surface area contributed by atoms with E-state index in [1.54, 1.807) is 24.3 Å². The molecule has 0 unspecified atom stereocenters. The molecule has 1 aliphatic carbocycles. The zero-order valence-corrected chi connectivity index (χ0v) is 20.2. The second kappa shape index (κ2) is 10.0. The standard InChI is InChI=1S/C27H32ClN3O3/c28-23-7-3-2-6-22(23)25(27(33)34)31-16-20(17-31)26(32)30-13-11-18(12-14-30)15-21-10-9-19-5-1-4-8-24(19)29-21/h2-3,6-7,9-10,18,20,25H,1,4-5,8,11-17H2,(H,33,34)/t25-/m0/s1. The van der Waals surface area contributed by atoms with Crippen LogP contribution in [-0.4, -0.2) is 57.9 Å². The van der Waals surface area contributed by atoms with Crippen LogP contribution in [0.15, 0.2) is 36.4 Å². The number of carboxylic acids is 1. The molecule has 2 fully saturated rings. The van der Waals surface area contributed by atoms with Crippen molar-refractivity contribution in [3.63, 3.8) is 0 Å². The summed E-state index contributed by atoms with van der Waals surface area (Å²) in [5, 5.41) is 10.2. The summed E-state index contributed by atoms with van der Waals surface area (Å²) in [4.78, 5) is 33.7. The van der Waals surface area contributed by atoms with Gasteiger partial charge in [-0.15, -0.1) is 0 Å². The third kappa shape index (κ3) is 4.84. The van der Waals surface area contributed by atoms with E-state index in [0.29, 0.717) is 29.6 Å². The molecular formula is C27H32ClN3O3. The van der Waals surface area contributed by atoms with E-state index in [1.807, 2.05) is 9.80 Å². The molecule has 3 aliphatic rings. The number of aromatic nitrogens is 1. The molecule has 5 rings (SSSR count). The van der Waals surface area contributed by atoms with Crippen molar-refractivity contribution in [3.05, 3.63) is 63.9 Å². The molecule has 3 heterocycles. The lowest BCUT2D eigenvalue weighted by atomic mass is 9.88. The maximum absolute atomic E-state index is 13.1. The number of aliphatic carboxylic acids is 1. The number of nitrogens with zero attached hydrogens (tertiary/aromatic N) is 3. The number of benzene rings is 1. The van der Waals surface area contributed by atoms with E-state index in [2.05, 4.69) is 12.1 Å². The number of aryl methyl sites for hydroxylation is 2. The molecule has 1 aromatic heterocycles. The lowest BCUT2D eigenvalue weighted by Gasteiger charge is -2.44. The fourth-order valence-corrected chi connectivity index (χ4v) is 5.95. The molecule has 0 spiro atoms. The van der Waals surface area contributed by atoms with E-state index in [-0.39, 0.29) is 11.8 Å². The van der Waals surface area contributed by atoms with Gasteiger partial charge in [0.1, 0.15) is 6.04 Å². The molecule has 1 amide bonds. The Hall–Kier alpha value is -2.44. The average Bonchev–Trinajstić information content (AvgIpc) is 2.81. The topological polar surface area (TPSA) is 73.7 Å². The van der Waals surface area contributed by atoms with Crippen molar-refractivity contribution in [2.45, 2.75) is 51.0 Å². The van der Waals surface area contributed by atoms with E-state index in [0.717, 1.165) is 45.2 Å². The Bertz CT molecular complexity index is 1060. The summed E-state index contributed by atoms with van der Waals surface area (Å²) in [6, 6.07) is 10.7. The Morgan fingerprint density at radius 2 is 1.79 bits per heavy atom. The number of carbonyl (C=O) groups is 2. The maximum Gasteiger partial charge on any atom is 0.325 e. The molecule has 2 aliphatic heterocycles. The number of fused-ring (bicyclic) bond motifs is 1. The molecule has 1 aromatic carbocycles. The van der Waals surface area contributed by atoms with E-state index < -0.39 is 12.0 Å². The summed E-state index contributed by atoms with van der Waals surface area (Å²) in [5.41, 5.74) is 4.49. The molecule has 0 bridgehead atoms. The van der Waals surface area contributed by atoms with Crippen molar-refractivity contribution in [1.82, 2.24) is 14.8 Å². The minimum Gasteiger partial charge on any atom is -0.480 e. The second-order valence-electron chi connectivity index (χ2n) is 10.0.